The zero-order valence-corrected chi connectivity index (χ0v) is 18.3. The molecule has 32 heavy (non-hydrogen) atoms. The fourth-order valence-corrected chi connectivity index (χ4v) is 4.53. The number of imidazole rings is 1. The number of ether oxygens (including phenoxy) is 2. The maximum Gasteiger partial charge on any atom is 0.208 e. The van der Waals surface area contributed by atoms with Crippen LogP contribution in [0, 0.1) is 11.3 Å². The molecule has 1 unspecified atom stereocenters. The van der Waals surface area contributed by atoms with Gasteiger partial charge in [0.15, 0.2) is 11.3 Å². The van der Waals surface area contributed by atoms with Gasteiger partial charge >= 0.3 is 0 Å². The lowest BCUT2D eigenvalue weighted by Gasteiger charge is -2.25. The average molecular weight is 445 g/mol. The molecular formula is C22H20N7O2P. The van der Waals surface area contributed by atoms with Crippen LogP contribution in [0.15, 0.2) is 36.9 Å². The van der Waals surface area contributed by atoms with Crippen LogP contribution in [0.5, 0.6) is 5.75 Å². The normalized spacial score (nSPS) is 15.2. The summed E-state index contributed by atoms with van der Waals surface area (Å²) in [6.07, 6.45) is 8.17. The van der Waals surface area contributed by atoms with Crippen molar-refractivity contribution >= 4 is 26.1 Å². The lowest BCUT2D eigenvalue weighted by molar-refractivity contribution is -0.0286. The van der Waals surface area contributed by atoms with Gasteiger partial charge in [0.05, 0.1) is 38.3 Å². The van der Waals surface area contributed by atoms with Crippen LogP contribution in [0.1, 0.15) is 22.9 Å². The highest BCUT2D eigenvalue weighted by molar-refractivity contribution is 7.27. The molecule has 1 atom stereocenters. The van der Waals surface area contributed by atoms with Crippen LogP contribution in [-0.2, 0) is 17.7 Å². The molecule has 0 radical (unpaired) electrons. The number of hydrogen-bond acceptors (Lipinski definition) is 7. The van der Waals surface area contributed by atoms with Gasteiger partial charge in [-0.15, -0.1) is 9.24 Å². The van der Waals surface area contributed by atoms with Crippen molar-refractivity contribution in [3.05, 3.63) is 53.7 Å². The van der Waals surface area contributed by atoms with E-state index in [1.165, 1.54) is 11.1 Å². The van der Waals surface area contributed by atoms with E-state index in [0.29, 0.717) is 43.7 Å². The number of benzene rings is 1. The Bertz CT molecular complexity index is 1380. The molecule has 9 nitrogen and oxygen atoms in total. The first-order valence-electron chi connectivity index (χ1n) is 10.4. The lowest BCUT2D eigenvalue weighted by Crippen LogP contribution is -2.30. The Morgan fingerprint density at radius 2 is 2.16 bits per heavy atom. The molecule has 1 fully saturated rings. The van der Waals surface area contributed by atoms with Crippen molar-refractivity contribution in [1.29, 1.82) is 5.26 Å². The fourth-order valence-electron chi connectivity index (χ4n) is 4.16. The first-order valence-corrected chi connectivity index (χ1v) is 11.0. The number of nitrogens with one attached hydrogen (secondary N) is 1. The molecule has 5 heterocycles. The molecule has 0 aliphatic carbocycles. The minimum Gasteiger partial charge on any atom is -0.493 e. The van der Waals surface area contributed by atoms with Crippen molar-refractivity contribution in [3.8, 4) is 22.9 Å². The second-order valence-corrected chi connectivity index (χ2v) is 8.51. The van der Waals surface area contributed by atoms with Crippen LogP contribution in [0.2, 0.25) is 0 Å². The Hall–Kier alpha value is -3.47. The molecule has 0 bridgehead atoms. The number of nitrogens with zero attached hydrogens (tertiary/aromatic N) is 6. The van der Waals surface area contributed by atoms with Crippen molar-refractivity contribution in [2.24, 2.45) is 0 Å². The van der Waals surface area contributed by atoms with Crippen LogP contribution >= 0.6 is 9.24 Å². The van der Waals surface area contributed by atoms with E-state index in [1.807, 2.05) is 27.4 Å². The number of hydrogen-bond donors (Lipinski definition) is 1. The molecule has 3 aromatic heterocycles. The molecule has 10 heteroatoms. The highest BCUT2D eigenvalue weighted by Gasteiger charge is 2.23. The predicted octanol–water partition coefficient (Wildman–Crippen LogP) is 2.08. The van der Waals surface area contributed by atoms with E-state index in [4.69, 9.17) is 9.47 Å². The van der Waals surface area contributed by atoms with Crippen molar-refractivity contribution in [2.75, 3.05) is 25.1 Å². The third kappa shape index (κ3) is 3.11. The zero-order valence-electron chi connectivity index (χ0n) is 17.2. The van der Waals surface area contributed by atoms with Gasteiger partial charge in [-0.2, -0.15) is 10.4 Å². The van der Waals surface area contributed by atoms with Crippen molar-refractivity contribution in [3.63, 3.8) is 0 Å². The Morgan fingerprint density at radius 1 is 1.25 bits per heavy atom. The predicted molar refractivity (Wildman–Crippen MR) is 121 cm³/mol. The van der Waals surface area contributed by atoms with Gasteiger partial charge in [0.2, 0.25) is 5.95 Å². The largest absolute Gasteiger partial charge is 0.493 e. The molecule has 0 amide bonds. The van der Waals surface area contributed by atoms with Gasteiger partial charge < -0.3 is 14.8 Å². The van der Waals surface area contributed by atoms with Crippen LogP contribution in [-0.4, -0.2) is 44.0 Å². The Balaban J connectivity index is 1.36. The van der Waals surface area contributed by atoms with E-state index in [9.17, 15) is 5.26 Å². The number of rotatable bonds is 5. The first-order chi connectivity index (χ1) is 15.7. The van der Waals surface area contributed by atoms with E-state index in [-0.39, 0.29) is 6.04 Å². The highest BCUT2D eigenvalue weighted by Crippen LogP contribution is 2.30. The Labute approximate surface area is 186 Å². The third-order valence-corrected chi connectivity index (χ3v) is 6.51. The molecule has 160 valence electrons. The number of anilines is 1. The maximum absolute atomic E-state index is 9.44. The van der Waals surface area contributed by atoms with Gasteiger partial charge in [-0.25, -0.2) is 9.97 Å². The van der Waals surface area contributed by atoms with Gasteiger partial charge in [0, 0.05) is 42.0 Å². The SMILES string of the molecule is N#Cc1cn2c(NCc3c(P)ccc4c3CCO4)ncc(-c3cnn(C4COC4)c3)c2n1. The van der Waals surface area contributed by atoms with Crippen molar-refractivity contribution in [2.45, 2.75) is 19.0 Å². The second kappa shape index (κ2) is 7.59. The molecular weight excluding hydrogens is 425 g/mol. The Kier molecular flexibility index (Phi) is 4.56. The standard InChI is InChI=1S/C22H20N7O2P/c23-5-14-10-28-21(27-14)17(13-6-26-29(9-13)15-11-30-12-15)7-24-22(28)25-8-18-16-3-4-31-19(16)1-2-20(18)32/h1-2,6-7,9-10,15H,3-4,8,11-12,32H2,(H,24,25). The number of nitriles is 1. The van der Waals surface area contributed by atoms with Gasteiger partial charge in [-0.05, 0) is 16.9 Å². The minimum atomic E-state index is 0.265. The maximum atomic E-state index is 9.44. The van der Waals surface area contributed by atoms with E-state index in [2.05, 4.69) is 35.7 Å². The molecule has 2 aliphatic heterocycles. The summed E-state index contributed by atoms with van der Waals surface area (Å²) in [4.78, 5) is 9.18. The minimum absolute atomic E-state index is 0.265. The van der Waals surface area contributed by atoms with Gasteiger partial charge in [-0.3, -0.25) is 9.08 Å². The van der Waals surface area contributed by atoms with E-state index in [0.717, 1.165) is 28.6 Å². The highest BCUT2D eigenvalue weighted by atomic mass is 31.0. The van der Waals surface area contributed by atoms with E-state index < -0.39 is 0 Å². The van der Waals surface area contributed by atoms with E-state index in [1.54, 1.807) is 18.6 Å². The summed E-state index contributed by atoms with van der Waals surface area (Å²) >= 11 is 0. The molecule has 1 aromatic carbocycles. The molecule has 2 aliphatic rings. The first kappa shape index (κ1) is 19.2. The fraction of sp³-hybridized carbons (Fsp3) is 0.273. The average Bonchev–Trinajstić information content (AvgIpc) is 3.51. The quantitative estimate of drug-likeness (QED) is 0.469. The summed E-state index contributed by atoms with van der Waals surface area (Å²) in [5.41, 5.74) is 5.15. The summed E-state index contributed by atoms with van der Waals surface area (Å²) in [6, 6.07) is 6.47. The summed E-state index contributed by atoms with van der Waals surface area (Å²) in [7, 11) is 2.80. The summed E-state index contributed by atoms with van der Waals surface area (Å²) < 4.78 is 14.7. The van der Waals surface area contributed by atoms with Crippen molar-refractivity contribution < 1.29 is 9.47 Å². The van der Waals surface area contributed by atoms with Crippen LogP contribution in [0.4, 0.5) is 5.95 Å². The number of aromatic nitrogens is 5. The molecule has 4 aromatic rings. The number of fused-ring (bicyclic) bond motifs is 2. The third-order valence-electron chi connectivity index (χ3n) is 5.97. The lowest BCUT2D eigenvalue weighted by atomic mass is 10.1. The van der Waals surface area contributed by atoms with Crippen LogP contribution in [0.3, 0.4) is 0 Å². The van der Waals surface area contributed by atoms with Crippen LogP contribution in [0.25, 0.3) is 16.8 Å². The Morgan fingerprint density at radius 3 is 2.97 bits per heavy atom. The molecule has 1 saturated heterocycles. The summed E-state index contributed by atoms with van der Waals surface area (Å²) in [6.45, 7) is 2.64. The van der Waals surface area contributed by atoms with Gasteiger partial charge in [0.1, 0.15) is 11.8 Å². The van der Waals surface area contributed by atoms with Crippen molar-refractivity contribution in [1.82, 2.24) is 24.1 Å². The van der Waals surface area contributed by atoms with Gasteiger partial charge in [-0.1, -0.05) is 6.07 Å². The zero-order chi connectivity index (χ0) is 21.7. The monoisotopic (exact) mass is 445 g/mol. The summed E-state index contributed by atoms with van der Waals surface area (Å²) in [5, 5.41) is 18.5. The van der Waals surface area contributed by atoms with Gasteiger partial charge in [0.25, 0.3) is 0 Å². The smallest absolute Gasteiger partial charge is 0.208 e. The van der Waals surface area contributed by atoms with E-state index >= 15 is 0 Å². The molecule has 0 spiro atoms. The topological polar surface area (TPSA) is 102 Å². The second-order valence-electron chi connectivity index (χ2n) is 7.89. The summed E-state index contributed by atoms with van der Waals surface area (Å²) in [5.74, 6) is 1.57. The molecule has 1 N–H and O–H groups in total. The van der Waals surface area contributed by atoms with Crippen LogP contribution < -0.4 is 15.4 Å². The molecule has 6 rings (SSSR count). The molecule has 0 saturated carbocycles.